The van der Waals surface area contributed by atoms with Crippen LogP contribution in [0.1, 0.15) is 24.7 Å². The zero-order chi connectivity index (χ0) is 14.4. The molecule has 0 saturated heterocycles. The molecule has 1 rings (SSSR count). The number of hydrogen-bond acceptors (Lipinski definition) is 3. The predicted molar refractivity (Wildman–Crippen MR) is 72.2 cm³/mol. The fraction of sp³-hybridized carbons (Fsp3) is 0.462. The standard InChI is InChI=1S/C13H19N3O3/c1-4-16(8-7-12(17)18)13(19)15-11-6-5-9(2)14-10(11)3/h5-6H,4,7-8H2,1-3H3,(H,15,19)(H,17,18). The summed E-state index contributed by atoms with van der Waals surface area (Å²) in [7, 11) is 0. The minimum Gasteiger partial charge on any atom is -0.481 e. The van der Waals surface area contributed by atoms with Crippen molar-refractivity contribution in [1.29, 1.82) is 0 Å². The molecule has 104 valence electrons. The van der Waals surface area contributed by atoms with E-state index in [2.05, 4.69) is 10.3 Å². The molecule has 1 aromatic heterocycles. The van der Waals surface area contributed by atoms with Gasteiger partial charge >= 0.3 is 12.0 Å². The van der Waals surface area contributed by atoms with Crippen LogP contribution in [0.3, 0.4) is 0 Å². The number of carboxylic acid groups (broad SMARTS) is 1. The maximum Gasteiger partial charge on any atom is 0.321 e. The van der Waals surface area contributed by atoms with Crippen molar-refractivity contribution in [1.82, 2.24) is 9.88 Å². The lowest BCUT2D eigenvalue weighted by molar-refractivity contribution is -0.137. The van der Waals surface area contributed by atoms with E-state index >= 15 is 0 Å². The van der Waals surface area contributed by atoms with E-state index in [0.29, 0.717) is 12.2 Å². The average Bonchev–Trinajstić information content (AvgIpc) is 2.33. The molecule has 0 fully saturated rings. The van der Waals surface area contributed by atoms with Crippen LogP contribution in [0.15, 0.2) is 12.1 Å². The number of carbonyl (C=O) groups excluding carboxylic acids is 1. The van der Waals surface area contributed by atoms with Gasteiger partial charge < -0.3 is 15.3 Å². The number of pyridine rings is 1. The molecule has 0 aliphatic rings. The molecule has 0 radical (unpaired) electrons. The molecule has 0 aliphatic carbocycles. The van der Waals surface area contributed by atoms with Gasteiger partial charge in [0.1, 0.15) is 0 Å². The molecule has 19 heavy (non-hydrogen) atoms. The Morgan fingerprint density at radius 2 is 2.05 bits per heavy atom. The number of urea groups is 1. The zero-order valence-corrected chi connectivity index (χ0v) is 11.4. The third-order valence-electron chi connectivity index (χ3n) is 2.73. The Hall–Kier alpha value is -2.11. The maximum absolute atomic E-state index is 12.0. The van der Waals surface area contributed by atoms with Gasteiger partial charge in [-0.2, -0.15) is 0 Å². The first-order valence-electron chi connectivity index (χ1n) is 6.16. The highest BCUT2D eigenvalue weighted by atomic mass is 16.4. The SMILES string of the molecule is CCN(CCC(=O)O)C(=O)Nc1ccc(C)nc1C. The molecule has 0 spiro atoms. The van der Waals surface area contributed by atoms with Crippen molar-refractivity contribution < 1.29 is 14.7 Å². The van der Waals surface area contributed by atoms with Crippen molar-refractivity contribution in [2.75, 3.05) is 18.4 Å². The van der Waals surface area contributed by atoms with E-state index < -0.39 is 5.97 Å². The van der Waals surface area contributed by atoms with Gasteiger partial charge in [-0.05, 0) is 32.9 Å². The van der Waals surface area contributed by atoms with Crippen LogP contribution >= 0.6 is 0 Å². The van der Waals surface area contributed by atoms with Gasteiger partial charge in [0.25, 0.3) is 0 Å². The number of hydrogen-bond donors (Lipinski definition) is 2. The lowest BCUT2D eigenvalue weighted by atomic mass is 10.3. The number of anilines is 1. The molecule has 2 amide bonds. The summed E-state index contributed by atoms with van der Waals surface area (Å²) in [6, 6.07) is 3.30. The molecule has 0 atom stereocenters. The van der Waals surface area contributed by atoms with Gasteiger partial charge in [-0.25, -0.2) is 4.79 Å². The zero-order valence-electron chi connectivity index (χ0n) is 11.4. The van der Waals surface area contributed by atoms with Crippen LogP contribution in [0, 0.1) is 13.8 Å². The second-order valence-corrected chi connectivity index (χ2v) is 4.24. The monoisotopic (exact) mass is 265 g/mol. The number of amides is 2. The predicted octanol–water partition coefficient (Wildman–Crippen LogP) is 2.03. The van der Waals surface area contributed by atoms with Crippen molar-refractivity contribution in [3.8, 4) is 0 Å². The number of carboxylic acids is 1. The van der Waals surface area contributed by atoms with E-state index in [4.69, 9.17) is 5.11 Å². The first-order chi connectivity index (χ1) is 8.93. The maximum atomic E-state index is 12.0. The van der Waals surface area contributed by atoms with E-state index in [1.807, 2.05) is 26.8 Å². The summed E-state index contributed by atoms with van der Waals surface area (Å²) >= 11 is 0. The number of nitrogens with zero attached hydrogens (tertiary/aromatic N) is 2. The average molecular weight is 265 g/mol. The Balaban J connectivity index is 2.68. The normalized spacial score (nSPS) is 10.1. The van der Waals surface area contributed by atoms with E-state index in [0.717, 1.165) is 11.4 Å². The Kier molecular flexibility index (Phi) is 5.29. The van der Waals surface area contributed by atoms with E-state index in [9.17, 15) is 9.59 Å². The number of carbonyl (C=O) groups is 2. The second kappa shape index (κ2) is 6.72. The van der Waals surface area contributed by atoms with Gasteiger partial charge in [0.15, 0.2) is 0 Å². The molecule has 6 heteroatoms. The minimum atomic E-state index is -0.917. The highest BCUT2D eigenvalue weighted by Crippen LogP contribution is 2.13. The number of rotatable bonds is 5. The lowest BCUT2D eigenvalue weighted by Gasteiger charge is -2.21. The molecule has 2 N–H and O–H groups in total. The molecular formula is C13H19N3O3. The first-order valence-corrected chi connectivity index (χ1v) is 6.16. The summed E-state index contributed by atoms with van der Waals surface area (Å²) in [5.41, 5.74) is 2.26. The number of aromatic nitrogens is 1. The van der Waals surface area contributed by atoms with Crippen LogP contribution < -0.4 is 5.32 Å². The fourth-order valence-electron chi connectivity index (χ4n) is 1.65. The van der Waals surface area contributed by atoms with Crippen molar-refractivity contribution >= 4 is 17.7 Å². The van der Waals surface area contributed by atoms with Gasteiger partial charge in [-0.15, -0.1) is 0 Å². The summed E-state index contributed by atoms with van der Waals surface area (Å²) in [6.45, 7) is 6.15. The molecule has 1 heterocycles. The lowest BCUT2D eigenvalue weighted by Crippen LogP contribution is -2.36. The topological polar surface area (TPSA) is 82.5 Å². The minimum absolute atomic E-state index is 0.0631. The van der Waals surface area contributed by atoms with Crippen LogP contribution in [-0.2, 0) is 4.79 Å². The van der Waals surface area contributed by atoms with Crippen molar-refractivity contribution in [3.05, 3.63) is 23.5 Å². The molecule has 0 bridgehead atoms. The third kappa shape index (κ3) is 4.57. The highest BCUT2D eigenvalue weighted by molar-refractivity contribution is 5.90. The number of aliphatic carboxylic acids is 1. The summed E-state index contributed by atoms with van der Waals surface area (Å²) < 4.78 is 0. The second-order valence-electron chi connectivity index (χ2n) is 4.24. The van der Waals surface area contributed by atoms with Crippen LogP contribution in [0.5, 0.6) is 0 Å². The Morgan fingerprint density at radius 1 is 1.37 bits per heavy atom. The molecule has 0 saturated carbocycles. The van der Waals surface area contributed by atoms with Crippen molar-refractivity contribution in [2.24, 2.45) is 0 Å². The van der Waals surface area contributed by atoms with Gasteiger partial charge in [-0.1, -0.05) is 0 Å². The smallest absolute Gasteiger partial charge is 0.321 e. The van der Waals surface area contributed by atoms with Crippen LogP contribution in [-0.4, -0.2) is 40.1 Å². The van der Waals surface area contributed by atoms with Crippen LogP contribution in [0.2, 0.25) is 0 Å². The Morgan fingerprint density at radius 3 is 2.58 bits per heavy atom. The Labute approximate surface area is 112 Å². The summed E-state index contributed by atoms with van der Waals surface area (Å²) in [5, 5.41) is 11.4. The quantitative estimate of drug-likeness (QED) is 0.853. The summed E-state index contributed by atoms with van der Waals surface area (Å²) in [5.74, 6) is -0.917. The summed E-state index contributed by atoms with van der Waals surface area (Å²) in [4.78, 5) is 28.2. The third-order valence-corrected chi connectivity index (χ3v) is 2.73. The molecule has 0 unspecified atom stereocenters. The van der Waals surface area contributed by atoms with Crippen LogP contribution in [0.4, 0.5) is 10.5 Å². The summed E-state index contributed by atoms with van der Waals surface area (Å²) in [6.07, 6.45) is -0.0631. The fourth-order valence-corrected chi connectivity index (χ4v) is 1.65. The number of nitrogens with one attached hydrogen (secondary N) is 1. The van der Waals surface area contributed by atoms with E-state index in [1.165, 1.54) is 4.90 Å². The molecular weight excluding hydrogens is 246 g/mol. The van der Waals surface area contributed by atoms with Crippen LogP contribution in [0.25, 0.3) is 0 Å². The molecule has 0 aromatic carbocycles. The van der Waals surface area contributed by atoms with E-state index in [1.54, 1.807) is 6.07 Å². The highest BCUT2D eigenvalue weighted by Gasteiger charge is 2.14. The first kappa shape index (κ1) is 14.9. The van der Waals surface area contributed by atoms with Gasteiger partial charge in [0.2, 0.25) is 0 Å². The molecule has 0 aliphatic heterocycles. The Bertz CT molecular complexity index is 474. The molecule has 6 nitrogen and oxygen atoms in total. The number of aryl methyl sites for hydroxylation is 2. The van der Waals surface area contributed by atoms with Gasteiger partial charge in [0, 0.05) is 18.8 Å². The van der Waals surface area contributed by atoms with Crippen molar-refractivity contribution in [3.63, 3.8) is 0 Å². The molecule has 1 aromatic rings. The van der Waals surface area contributed by atoms with Gasteiger partial charge in [0.05, 0.1) is 17.8 Å². The largest absolute Gasteiger partial charge is 0.481 e. The van der Waals surface area contributed by atoms with E-state index in [-0.39, 0.29) is 19.0 Å². The van der Waals surface area contributed by atoms with Crippen molar-refractivity contribution in [2.45, 2.75) is 27.2 Å². The van der Waals surface area contributed by atoms with Gasteiger partial charge in [-0.3, -0.25) is 9.78 Å².